The van der Waals surface area contributed by atoms with Crippen LogP contribution in [0.2, 0.25) is 0 Å². The Morgan fingerprint density at radius 1 is 1.56 bits per heavy atom. The van der Waals surface area contributed by atoms with Crippen LogP contribution in [0.3, 0.4) is 0 Å². The molecule has 18 heavy (non-hydrogen) atoms. The Kier molecular flexibility index (Phi) is 3.94. The monoisotopic (exact) mass is 261 g/mol. The average molecular weight is 261 g/mol. The lowest BCUT2D eigenvalue weighted by atomic mass is 10.1. The summed E-state index contributed by atoms with van der Waals surface area (Å²) in [7, 11) is 0. The van der Waals surface area contributed by atoms with Crippen molar-refractivity contribution in [3.8, 4) is 0 Å². The molecule has 1 atom stereocenters. The highest BCUT2D eigenvalue weighted by Crippen LogP contribution is 2.22. The maximum Gasteiger partial charge on any atom is 0.251 e. The van der Waals surface area contributed by atoms with E-state index in [4.69, 9.17) is 5.73 Å². The number of carbonyl (C=O) groups is 1. The fourth-order valence-electron chi connectivity index (χ4n) is 1.70. The van der Waals surface area contributed by atoms with Gasteiger partial charge in [-0.05, 0) is 30.0 Å². The summed E-state index contributed by atoms with van der Waals surface area (Å²) in [6.07, 6.45) is 2.39. The summed E-state index contributed by atoms with van der Waals surface area (Å²) in [6, 6.07) is 7.30. The van der Waals surface area contributed by atoms with Crippen molar-refractivity contribution in [1.82, 2.24) is 10.3 Å². The Hall–Kier alpha value is -1.88. The number of anilines is 1. The fraction of sp³-hybridized carbons (Fsp3) is 0.231. The van der Waals surface area contributed by atoms with Crippen LogP contribution in [0.15, 0.2) is 35.8 Å². The molecule has 0 radical (unpaired) electrons. The van der Waals surface area contributed by atoms with E-state index < -0.39 is 0 Å². The first-order valence-corrected chi connectivity index (χ1v) is 6.64. The molecule has 0 saturated carbocycles. The predicted molar refractivity (Wildman–Crippen MR) is 73.5 cm³/mol. The molecule has 0 aliphatic rings. The molecule has 94 valence electrons. The van der Waals surface area contributed by atoms with Gasteiger partial charge in [0, 0.05) is 16.6 Å². The van der Waals surface area contributed by atoms with E-state index in [-0.39, 0.29) is 11.9 Å². The minimum Gasteiger partial charge on any atom is -0.384 e. The van der Waals surface area contributed by atoms with Gasteiger partial charge in [-0.15, -0.1) is 11.3 Å². The highest BCUT2D eigenvalue weighted by Gasteiger charge is 2.14. The zero-order chi connectivity index (χ0) is 13.0. The summed E-state index contributed by atoms with van der Waals surface area (Å²) >= 11 is 1.64. The fourth-order valence-corrected chi connectivity index (χ4v) is 2.56. The van der Waals surface area contributed by atoms with Gasteiger partial charge in [0.05, 0.1) is 6.04 Å². The standard InChI is InChI=1S/C13H15N3OS/c1-2-10(11-4-3-7-18-11)16-13(17)9-5-6-15-12(14)8-9/h3-8,10H,2H2,1H3,(H2,14,15)(H,16,17). The molecule has 0 saturated heterocycles. The zero-order valence-corrected chi connectivity index (χ0v) is 10.9. The van der Waals surface area contributed by atoms with Crippen molar-refractivity contribution in [2.75, 3.05) is 5.73 Å². The van der Waals surface area contributed by atoms with Crippen molar-refractivity contribution >= 4 is 23.1 Å². The van der Waals surface area contributed by atoms with Gasteiger partial charge in [-0.1, -0.05) is 13.0 Å². The molecule has 0 bridgehead atoms. The minimum atomic E-state index is -0.121. The highest BCUT2D eigenvalue weighted by molar-refractivity contribution is 7.10. The molecule has 4 nitrogen and oxygen atoms in total. The lowest BCUT2D eigenvalue weighted by Crippen LogP contribution is -2.27. The van der Waals surface area contributed by atoms with Crippen LogP contribution in [0.1, 0.15) is 34.6 Å². The average Bonchev–Trinajstić information content (AvgIpc) is 2.89. The van der Waals surface area contributed by atoms with Crippen molar-refractivity contribution < 1.29 is 4.79 Å². The summed E-state index contributed by atoms with van der Waals surface area (Å²) in [5.74, 6) is 0.233. The van der Waals surface area contributed by atoms with Gasteiger partial charge in [-0.3, -0.25) is 4.79 Å². The van der Waals surface area contributed by atoms with Crippen molar-refractivity contribution in [3.63, 3.8) is 0 Å². The number of nitrogen functional groups attached to an aromatic ring is 1. The van der Waals surface area contributed by atoms with E-state index in [1.165, 1.54) is 6.20 Å². The van der Waals surface area contributed by atoms with E-state index in [1.54, 1.807) is 23.5 Å². The molecule has 3 N–H and O–H groups in total. The number of nitrogens with one attached hydrogen (secondary N) is 1. The maximum absolute atomic E-state index is 12.1. The molecule has 2 aromatic heterocycles. The van der Waals surface area contributed by atoms with Gasteiger partial charge in [0.25, 0.3) is 5.91 Å². The molecular formula is C13H15N3OS. The summed E-state index contributed by atoms with van der Waals surface area (Å²) in [5.41, 5.74) is 6.10. The number of hydrogen-bond donors (Lipinski definition) is 2. The number of hydrogen-bond acceptors (Lipinski definition) is 4. The van der Waals surface area contributed by atoms with Gasteiger partial charge in [0.1, 0.15) is 5.82 Å². The molecule has 0 aliphatic carbocycles. The lowest BCUT2D eigenvalue weighted by molar-refractivity contribution is 0.0936. The summed E-state index contributed by atoms with van der Waals surface area (Å²) in [4.78, 5) is 17.1. The third kappa shape index (κ3) is 2.87. The van der Waals surface area contributed by atoms with Crippen LogP contribution < -0.4 is 11.1 Å². The van der Waals surface area contributed by atoms with Crippen LogP contribution in [0.5, 0.6) is 0 Å². The molecule has 5 heteroatoms. The number of thiophene rings is 1. The van der Waals surface area contributed by atoms with Crippen LogP contribution in [-0.4, -0.2) is 10.9 Å². The molecule has 1 unspecified atom stereocenters. The maximum atomic E-state index is 12.1. The van der Waals surface area contributed by atoms with Crippen molar-refractivity contribution in [2.24, 2.45) is 0 Å². The second kappa shape index (κ2) is 5.64. The zero-order valence-electron chi connectivity index (χ0n) is 10.1. The van der Waals surface area contributed by atoms with Crippen LogP contribution in [0.25, 0.3) is 0 Å². The van der Waals surface area contributed by atoms with E-state index in [9.17, 15) is 4.79 Å². The van der Waals surface area contributed by atoms with Crippen molar-refractivity contribution in [2.45, 2.75) is 19.4 Å². The molecule has 1 amide bonds. The number of pyridine rings is 1. The van der Waals surface area contributed by atoms with E-state index in [2.05, 4.69) is 10.3 Å². The van der Waals surface area contributed by atoms with Gasteiger partial charge in [0.2, 0.25) is 0 Å². The molecule has 2 heterocycles. The number of rotatable bonds is 4. The largest absolute Gasteiger partial charge is 0.384 e. The van der Waals surface area contributed by atoms with Crippen LogP contribution in [0, 0.1) is 0 Å². The highest BCUT2D eigenvalue weighted by atomic mass is 32.1. The minimum absolute atomic E-state index is 0.0480. The normalized spacial score (nSPS) is 12.1. The second-order valence-corrected chi connectivity index (χ2v) is 4.90. The van der Waals surface area contributed by atoms with Gasteiger partial charge in [0.15, 0.2) is 0 Å². The molecule has 0 aromatic carbocycles. The predicted octanol–water partition coefficient (Wildman–Crippen LogP) is 2.61. The number of aromatic nitrogens is 1. The SMILES string of the molecule is CCC(NC(=O)c1ccnc(N)c1)c1cccs1. The first-order valence-electron chi connectivity index (χ1n) is 5.76. The Bertz CT molecular complexity index is 525. The molecule has 0 aliphatic heterocycles. The Morgan fingerprint density at radius 2 is 2.39 bits per heavy atom. The van der Waals surface area contributed by atoms with Crippen LogP contribution in [-0.2, 0) is 0 Å². The molecule has 0 fully saturated rings. The quantitative estimate of drug-likeness (QED) is 0.889. The third-order valence-corrected chi connectivity index (χ3v) is 3.63. The van der Waals surface area contributed by atoms with Gasteiger partial charge in [-0.25, -0.2) is 4.98 Å². The molecule has 2 rings (SSSR count). The Morgan fingerprint density at radius 3 is 3.00 bits per heavy atom. The molecule has 0 spiro atoms. The number of nitrogens with two attached hydrogens (primary N) is 1. The van der Waals surface area contributed by atoms with E-state index in [0.717, 1.165) is 11.3 Å². The van der Waals surface area contributed by atoms with Crippen LogP contribution in [0.4, 0.5) is 5.82 Å². The number of carbonyl (C=O) groups excluding carboxylic acids is 1. The summed E-state index contributed by atoms with van der Waals surface area (Å²) in [5, 5.41) is 5.01. The Labute approximate surface area is 110 Å². The van der Waals surface area contributed by atoms with Gasteiger partial charge in [-0.2, -0.15) is 0 Å². The topological polar surface area (TPSA) is 68.0 Å². The lowest BCUT2D eigenvalue weighted by Gasteiger charge is -2.15. The van der Waals surface area contributed by atoms with Gasteiger partial charge < -0.3 is 11.1 Å². The first kappa shape index (κ1) is 12.6. The van der Waals surface area contributed by atoms with E-state index in [0.29, 0.717) is 11.4 Å². The Balaban J connectivity index is 2.11. The molecular weight excluding hydrogens is 246 g/mol. The summed E-state index contributed by atoms with van der Waals surface area (Å²) < 4.78 is 0. The molecule has 2 aromatic rings. The first-order chi connectivity index (χ1) is 8.70. The summed E-state index contributed by atoms with van der Waals surface area (Å²) in [6.45, 7) is 2.05. The van der Waals surface area contributed by atoms with Crippen molar-refractivity contribution in [1.29, 1.82) is 0 Å². The number of nitrogens with zero attached hydrogens (tertiary/aromatic N) is 1. The van der Waals surface area contributed by atoms with E-state index >= 15 is 0 Å². The van der Waals surface area contributed by atoms with E-state index in [1.807, 2.05) is 24.4 Å². The smallest absolute Gasteiger partial charge is 0.251 e. The van der Waals surface area contributed by atoms with Crippen LogP contribution >= 0.6 is 11.3 Å². The number of amides is 1. The second-order valence-electron chi connectivity index (χ2n) is 3.92. The van der Waals surface area contributed by atoms with Gasteiger partial charge >= 0.3 is 0 Å². The third-order valence-electron chi connectivity index (χ3n) is 2.64. The van der Waals surface area contributed by atoms with Crippen molar-refractivity contribution in [3.05, 3.63) is 46.3 Å².